The molecule has 1 unspecified atom stereocenters. The lowest BCUT2D eigenvalue weighted by Gasteiger charge is -2.31. The number of piperidine rings is 1. The fraction of sp³-hybridized carbons (Fsp3) is 0.421. The number of hydrogen-bond acceptors (Lipinski definition) is 4. The molecule has 0 radical (unpaired) electrons. The Morgan fingerprint density at radius 3 is 2.68 bits per heavy atom. The summed E-state index contributed by atoms with van der Waals surface area (Å²) in [4.78, 5) is 14.4. The molecule has 3 heterocycles. The van der Waals surface area contributed by atoms with Gasteiger partial charge in [-0.15, -0.1) is 0 Å². The highest BCUT2D eigenvalue weighted by Crippen LogP contribution is 2.30. The largest absolute Gasteiger partial charge is 0.446 e. The Bertz CT molecular complexity index is 725. The molecule has 1 aromatic heterocycles. The van der Waals surface area contributed by atoms with Crippen LogP contribution in [-0.4, -0.2) is 24.3 Å². The summed E-state index contributed by atoms with van der Waals surface area (Å²) >= 11 is 1.50. The molecule has 132 valence electrons. The van der Waals surface area contributed by atoms with E-state index in [0.717, 1.165) is 31.4 Å². The van der Waals surface area contributed by atoms with E-state index >= 15 is 0 Å². The van der Waals surface area contributed by atoms with E-state index < -0.39 is 6.09 Å². The molecular formula is C19H21FN2O2S. The third-order valence-corrected chi connectivity index (χ3v) is 5.69. The number of benzene rings is 1. The average Bonchev–Trinajstić information content (AvgIpc) is 3.24. The monoisotopic (exact) mass is 360 g/mol. The molecule has 2 fully saturated rings. The molecule has 2 aliphatic heterocycles. The summed E-state index contributed by atoms with van der Waals surface area (Å²) in [6, 6.07) is 9.31. The minimum atomic E-state index is -0.395. The van der Waals surface area contributed by atoms with Crippen LogP contribution in [0.5, 0.6) is 0 Å². The van der Waals surface area contributed by atoms with Crippen molar-refractivity contribution in [1.82, 2.24) is 5.32 Å². The van der Waals surface area contributed by atoms with E-state index in [0.29, 0.717) is 17.6 Å². The molecule has 2 aromatic rings. The standard InChI is InChI=1S/C19H21FN2O2S/c20-18-4-2-1-3-13(18)11-22(16-7-8-25-12-16)19(23)24-17-9-14-5-6-15(10-17)21-14/h1-4,7-8,12,14-15,17,21H,5-6,9-11H2/t14-,15+,17?. The molecule has 1 N–H and O–H groups in total. The summed E-state index contributed by atoms with van der Waals surface area (Å²) in [5.74, 6) is -0.310. The maximum atomic E-state index is 14.0. The van der Waals surface area contributed by atoms with E-state index in [1.807, 2.05) is 16.8 Å². The van der Waals surface area contributed by atoms with Gasteiger partial charge in [0.1, 0.15) is 11.9 Å². The zero-order chi connectivity index (χ0) is 17.2. The van der Waals surface area contributed by atoms with Crippen molar-refractivity contribution in [2.24, 2.45) is 0 Å². The molecule has 1 aromatic carbocycles. The molecule has 3 atom stereocenters. The third-order valence-electron chi connectivity index (χ3n) is 5.02. The number of anilines is 1. The highest BCUT2D eigenvalue weighted by Gasteiger charge is 2.36. The second kappa shape index (κ2) is 7.14. The maximum absolute atomic E-state index is 14.0. The molecule has 0 spiro atoms. The van der Waals surface area contributed by atoms with Gasteiger partial charge in [-0.2, -0.15) is 11.3 Å². The normalized spacial score (nSPS) is 24.9. The van der Waals surface area contributed by atoms with Crippen molar-refractivity contribution in [1.29, 1.82) is 0 Å². The van der Waals surface area contributed by atoms with E-state index in [9.17, 15) is 9.18 Å². The van der Waals surface area contributed by atoms with Crippen LogP contribution >= 0.6 is 11.3 Å². The van der Waals surface area contributed by atoms with Gasteiger partial charge in [0.15, 0.2) is 0 Å². The predicted molar refractivity (Wildman–Crippen MR) is 96.4 cm³/mol. The van der Waals surface area contributed by atoms with Gasteiger partial charge in [0.25, 0.3) is 0 Å². The van der Waals surface area contributed by atoms with E-state index in [2.05, 4.69) is 5.32 Å². The van der Waals surface area contributed by atoms with E-state index in [1.54, 1.807) is 18.2 Å². The van der Waals surface area contributed by atoms with Crippen molar-refractivity contribution >= 4 is 23.1 Å². The van der Waals surface area contributed by atoms with Gasteiger partial charge in [-0.1, -0.05) is 18.2 Å². The number of halogens is 1. The van der Waals surface area contributed by atoms with E-state index in [1.165, 1.54) is 22.3 Å². The number of amides is 1. The fourth-order valence-electron chi connectivity index (χ4n) is 3.78. The summed E-state index contributed by atoms with van der Waals surface area (Å²) in [6.07, 6.45) is 3.57. The second-order valence-electron chi connectivity index (χ2n) is 6.77. The third kappa shape index (κ3) is 3.70. The van der Waals surface area contributed by atoms with Gasteiger partial charge in [0.2, 0.25) is 0 Å². The molecule has 6 heteroatoms. The summed E-state index contributed by atoms with van der Waals surface area (Å²) in [6.45, 7) is 0.167. The Hall–Kier alpha value is -1.92. The van der Waals surface area contributed by atoms with Crippen LogP contribution in [0.15, 0.2) is 41.1 Å². The van der Waals surface area contributed by atoms with Crippen molar-refractivity contribution in [2.75, 3.05) is 4.90 Å². The second-order valence-corrected chi connectivity index (χ2v) is 7.55. The Morgan fingerprint density at radius 2 is 2.00 bits per heavy atom. The molecule has 0 aliphatic carbocycles. The number of hydrogen-bond donors (Lipinski definition) is 1. The molecule has 2 saturated heterocycles. The minimum absolute atomic E-state index is 0.0620. The molecular weight excluding hydrogens is 339 g/mol. The Kier molecular flexibility index (Phi) is 4.72. The Labute approximate surface area is 150 Å². The molecule has 25 heavy (non-hydrogen) atoms. The predicted octanol–water partition coefficient (Wildman–Crippen LogP) is 4.31. The maximum Gasteiger partial charge on any atom is 0.414 e. The Morgan fingerprint density at radius 1 is 1.24 bits per heavy atom. The lowest BCUT2D eigenvalue weighted by molar-refractivity contribution is 0.0719. The lowest BCUT2D eigenvalue weighted by Crippen LogP contribution is -2.44. The molecule has 2 bridgehead atoms. The van der Waals surface area contributed by atoms with Crippen molar-refractivity contribution in [2.45, 2.75) is 50.4 Å². The number of carbonyl (C=O) groups is 1. The van der Waals surface area contributed by atoms with Crippen molar-refractivity contribution in [3.8, 4) is 0 Å². The first kappa shape index (κ1) is 16.5. The summed E-state index contributed by atoms with van der Waals surface area (Å²) in [7, 11) is 0. The first-order valence-corrected chi connectivity index (χ1v) is 9.63. The highest BCUT2D eigenvalue weighted by molar-refractivity contribution is 7.08. The van der Waals surface area contributed by atoms with Gasteiger partial charge in [0, 0.05) is 23.0 Å². The first-order valence-electron chi connectivity index (χ1n) is 8.69. The number of carbonyl (C=O) groups excluding carboxylic acids is 1. The van der Waals surface area contributed by atoms with E-state index in [4.69, 9.17) is 4.74 Å². The fourth-order valence-corrected chi connectivity index (χ4v) is 4.42. The molecule has 2 aliphatic rings. The van der Waals surface area contributed by atoms with Crippen LogP contribution in [0.3, 0.4) is 0 Å². The zero-order valence-electron chi connectivity index (χ0n) is 13.9. The van der Waals surface area contributed by atoms with Crippen LogP contribution < -0.4 is 10.2 Å². The molecule has 4 nitrogen and oxygen atoms in total. The first-order chi connectivity index (χ1) is 12.2. The SMILES string of the molecule is O=C(OC1C[C@H]2CC[C@@H](C1)N2)N(Cc1ccccc1F)c1ccsc1. The quantitative estimate of drug-likeness (QED) is 0.883. The summed E-state index contributed by atoms with van der Waals surface area (Å²) < 4.78 is 19.8. The lowest BCUT2D eigenvalue weighted by atomic mass is 10.0. The van der Waals surface area contributed by atoms with Crippen molar-refractivity contribution in [3.05, 3.63) is 52.5 Å². The minimum Gasteiger partial charge on any atom is -0.446 e. The van der Waals surface area contributed by atoms with Crippen molar-refractivity contribution < 1.29 is 13.9 Å². The summed E-state index contributed by atoms with van der Waals surface area (Å²) in [5, 5.41) is 7.33. The molecule has 0 saturated carbocycles. The smallest absolute Gasteiger partial charge is 0.414 e. The van der Waals surface area contributed by atoms with Gasteiger partial charge in [-0.05, 0) is 43.2 Å². The number of nitrogens with one attached hydrogen (secondary N) is 1. The topological polar surface area (TPSA) is 41.6 Å². The van der Waals surface area contributed by atoms with Crippen LogP contribution in [0.2, 0.25) is 0 Å². The van der Waals surface area contributed by atoms with Crippen LogP contribution in [0.4, 0.5) is 14.9 Å². The van der Waals surface area contributed by atoms with Gasteiger partial charge in [0.05, 0.1) is 12.2 Å². The van der Waals surface area contributed by atoms with Crippen LogP contribution in [0.25, 0.3) is 0 Å². The highest BCUT2D eigenvalue weighted by atomic mass is 32.1. The average molecular weight is 360 g/mol. The summed E-state index contributed by atoms with van der Waals surface area (Å²) in [5.41, 5.74) is 1.23. The van der Waals surface area contributed by atoms with Gasteiger partial charge in [-0.3, -0.25) is 4.90 Å². The number of ether oxygens (including phenoxy) is 1. The van der Waals surface area contributed by atoms with Crippen LogP contribution in [-0.2, 0) is 11.3 Å². The number of nitrogens with zero attached hydrogens (tertiary/aromatic N) is 1. The van der Waals surface area contributed by atoms with E-state index in [-0.39, 0.29) is 18.5 Å². The van der Waals surface area contributed by atoms with Crippen molar-refractivity contribution in [3.63, 3.8) is 0 Å². The van der Waals surface area contributed by atoms with Crippen LogP contribution in [0, 0.1) is 5.82 Å². The zero-order valence-corrected chi connectivity index (χ0v) is 14.7. The molecule has 4 rings (SSSR count). The van der Waals surface area contributed by atoms with Gasteiger partial charge < -0.3 is 10.1 Å². The van der Waals surface area contributed by atoms with Gasteiger partial charge in [-0.25, -0.2) is 9.18 Å². The number of thiophene rings is 1. The Balaban J connectivity index is 1.50. The number of fused-ring (bicyclic) bond motifs is 2. The number of rotatable bonds is 4. The molecule has 1 amide bonds. The van der Waals surface area contributed by atoms with Gasteiger partial charge >= 0.3 is 6.09 Å². The van der Waals surface area contributed by atoms with Crippen LogP contribution in [0.1, 0.15) is 31.2 Å².